The van der Waals surface area contributed by atoms with E-state index in [2.05, 4.69) is 228 Å². The van der Waals surface area contributed by atoms with Crippen LogP contribution in [-0.2, 0) is 0 Å². The zero-order valence-electron chi connectivity index (χ0n) is 31.1. The molecule has 0 bridgehead atoms. The molecule has 0 saturated heterocycles. The first-order valence-electron chi connectivity index (χ1n) is 19.4. The van der Waals surface area contributed by atoms with Gasteiger partial charge in [0.05, 0.1) is 11.0 Å². The molecule has 0 radical (unpaired) electrons. The molecule has 0 N–H and O–H groups in total. The maximum Gasteiger partial charge on any atom is 0.0562 e. The number of hydrogen-bond donors (Lipinski definition) is 0. The summed E-state index contributed by atoms with van der Waals surface area (Å²) in [6, 6.07) is 79.3. The summed E-state index contributed by atoms with van der Waals surface area (Å²) in [4.78, 5) is 2.40. The molecule has 268 valence electrons. The molecular formula is C54H36N2S. The summed E-state index contributed by atoms with van der Waals surface area (Å²) in [6.07, 6.45) is 0. The summed E-state index contributed by atoms with van der Waals surface area (Å²) in [7, 11) is 0. The van der Waals surface area contributed by atoms with Crippen LogP contribution in [0.15, 0.2) is 218 Å². The minimum atomic E-state index is 1.09. The van der Waals surface area contributed by atoms with Gasteiger partial charge in [0.15, 0.2) is 0 Å². The molecule has 2 aromatic heterocycles. The number of fused-ring (bicyclic) bond motifs is 6. The Hall–Kier alpha value is -7.20. The van der Waals surface area contributed by atoms with Crippen LogP contribution < -0.4 is 4.90 Å². The third kappa shape index (κ3) is 5.71. The van der Waals surface area contributed by atoms with E-state index >= 15 is 0 Å². The van der Waals surface area contributed by atoms with Crippen molar-refractivity contribution in [2.24, 2.45) is 0 Å². The molecule has 0 unspecified atom stereocenters. The second-order valence-electron chi connectivity index (χ2n) is 14.5. The van der Waals surface area contributed by atoms with Crippen LogP contribution in [-0.4, -0.2) is 4.57 Å². The standard InChI is InChI=1S/C54H36N2S/c1-4-15-37(16-5-1)40-19-12-22-43(35-40)55(42-31-29-39(30-32-42)46-25-14-28-52-54(46)48-23-10-11-27-51(48)57-52)44-33-34-47-50(36-44)56(41-20-8-3-9-21-41)49-26-13-24-45(53(47)49)38-17-6-2-7-18-38/h1-36H. The zero-order valence-corrected chi connectivity index (χ0v) is 31.9. The Morgan fingerprint density at radius 2 is 0.912 bits per heavy atom. The highest BCUT2D eigenvalue weighted by Gasteiger charge is 2.20. The molecule has 0 aliphatic heterocycles. The van der Waals surface area contributed by atoms with E-state index < -0.39 is 0 Å². The highest BCUT2D eigenvalue weighted by Crippen LogP contribution is 2.44. The van der Waals surface area contributed by atoms with Gasteiger partial charge < -0.3 is 9.47 Å². The highest BCUT2D eigenvalue weighted by molar-refractivity contribution is 7.25. The van der Waals surface area contributed by atoms with Crippen molar-refractivity contribution in [3.05, 3.63) is 218 Å². The monoisotopic (exact) mass is 744 g/mol. The van der Waals surface area contributed by atoms with E-state index in [0.717, 1.165) is 28.3 Å². The molecule has 11 rings (SSSR count). The van der Waals surface area contributed by atoms with E-state index in [-0.39, 0.29) is 0 Å². The summed E-state index contributed by atoms with van der Waals surface area (Å²) >= 11 is 1.86. The molecule has 0 fully saturated rings. The zero-order chi connectivity index (χ0) is 37.7. The Kier molecular flexibility index (Phi) is 8.04. The molecule has 0 spiro atoms. The number of benzene rings is 9. The van der Waals surface area contributed by atoms with Crippen LogP contribution in [0.5, 0.6) is 0 Å². The molecule has 9 aromatic carbocycles. The van der Waals surface area contributed by atoms with E-state index in [9.17, 15) is 0 Å². The fraction of sp³-hybridized carbons (Fsp3) is 0. The second-order valence-corrected chi connectivity index (χ2v) is 15.6. The fourth-order valence-electron chi connectivity index (χ4n) is 8.62. The van der Waals surface area contributed by atoms with Crippen molar-refractivity contribution in [2.45, 2.75) is 0 Å². The molecule has 0 aliphatic rings. The van der Waals surface area contributed by atoms with Gasteiger partial charge in [0.1, 0.15) is 0 Å². The summed E-state index contributed by atoms with van der Waals surface area (Å²) in [5, 5.41) is 5.12. The molecule has 2 nitrogen and oxygen atoms in total. The molecule has 57 heavy (non-hydrogen) atoms. The van der Waals surface area contributed by atoms with Crippen molar-refractivity contribution >= 4 is 70.4 Å². The van der Waals surface area contributed by atoms with Gasteiger partial charge in [-0.3, -0.25) is 0 Å². The van der Waals surface area contributed by atoms with Crippen molar-refractivity contribution in [3.8, 4) is 39.1 Å². The van der Waals surface area contributed by atoms with Gasteiger partial charge in [0.25, 0.3) is 0 Å². The first kappa shape index (κ1) is 33.2. The van der Waals surface area contributed by atoms with Crippen molar-refractivity contribution in [1.29, 1.82) is 0 Å². The lowest BCUT2D eigenvalue weighted by Gasteiger charge is -2.26. The quantitative estimate of drug-likeness (QED) is 0.158. The van der Waals surface area contributed by atoms with Crippen LogP contribution >= 0.6 is 11.3 Å². The lowest BCUT2D eigenvalue weighted by molar-refractivity contribution is 1.18. The van der Waals surface area contributed by atoms with Crippen LogP contribution in [0.3, 0.4) is 0 Å². The van der Waals surface area contributed by atoms with E-state index in [1.807, 2.05) is 11.3 Å². The molecule has 11 aromatic rings. The fourth-order valence-corrected chi connectivity index (χ4v) is 9.75. The average molecular weight is 745 g/mol. The summed E-state index contributed by atoms with van der Waals surface area (Å²) in [5.74, 6) is 0. The van der Waals surface area contributed by atoms with Crippen molar-refractivity contribution in [3.63, 3.8) is 0 Å². The average Bonchev–Trinajstić information content (AvgIpc) is 3.84. The second kappa shape index (κ2) is 13.8. The molecule has 0 amide bonds. The van der Waals surface area contributed by atoms with Gasteiger partial charge in [-0.25, -0.2) is 0 Å². The van der Waals surface area contributed by atoms with E-state index in [0.29, 0.717) is 0 Å². The van der Waals surface area contributed by atoms with Gasteiger partial charge >= 0.3 is 0 Å². The predicted molar refractivity (Wildman–Crippen MR) is 245 cm³/mol. The molecule has 0 atom stereocenters. The minimum Gasteiger partial charge on any atom is -0.310 e. The maximum absolute atomic E-state index is 2.42. The first-order valence-corrected chi connectivity index (χ1v) is 20.2. The SMILES string of the molecule is c1ccc(-c2cccc(N(c3ccc(-c4cccc5sc6ccccc6c45)cc3)c3ccc4c5c(-c6ccccc6)cccc5n(-c5ccccc5)c4c3)c2)cc1. The number of aromatic nitrogens is 1. The number of rotatable bonds is 7. The van der Waals surface area contributed by atoms with Crippen molar-refractivity contribution in [2.75, 3.05) is 4.90 Å². The van der Waals surface area contributed by atoms with E-state index in [1.54, 1.807) is 0 Å². The maximum atomic E-state index is 2.42. The van der Waals surface area contributed by atoms with Gasteiger partial charge in [0, 0.05) is 53.7 Å². The number of hydrogen-bond acceptors (Lipinski definition) is 2. The summed E-state index contributed by atoms with van der Waals surface area (Å²) in [6.45, 7) is 0. The van der Waals surface area contributed by atoms with Gasteiger partial charge in [-0.05, 0) is 100 Å². The van der Waals surface area contributed by atoms with Crippen LogP contribution in [0.2, 0.25) is 0 Å². The normalized spacial score (nSPS) is 11.5. The molecule has 2 heterocycles. The molecule has 3 heteroatoms. The number of nitrogens with zero attached hydrogens (tertiary/aromatic N) is 2. The highest BCUT2D eigenvalue weighted by atomic mass is 32.1. The van der Waals surface area contributed by atoms with Crippen LogP contribution in [0.1, 0.15) is 0 Å². The topological polar surface area (TPSA) is 8.17 Å². The van der Waals surface area contributed by atoms with Crippen molar-refractivity contribution < 1.29 is 0 Å². The smallest absolute Gasteiger partial charge is 0.0562 e. The van der Waals surface area contributed by atoms with Crippen LogP contribution in [0.25, 0.3) is 81.0 Å². The lowest BCUT2D eigenvalue weighted by Crippen LogP contribution is -2.10. The number of thiophene rings is 1. The van der Waals surface area contributed by atoms with Crippen LogP contribution in [0, 0.1) is 0 Å². The largest absolute Gasteiger partial charge is 0.310 e. The number of anilines is 3. The van der Waals surface area contributed by atoms with Gasteiger partial charge in [-0.2, -0.15) is 0 Å². The molecular weight excluding hydrogens is 709 g/mol. The summed E-state index contributed by atoms with van der Waals surface area (Å²) < 4.78 is 5.06. The predicted octanol–water partition coefficient (Wildman–Crippen LogP) is 15.6. The Morgan fingerprint density at radius 1 is 0.333 bits per heavy atom. The van der Waals surface area contributed by atoms with E-state index in [4.69, 9.17) is 0 Å². The minimum absolute atomic E-state index is 1.09. The Balaban J connectivity index is 1.12. The summed E-state index contributed by atoms with van der Waals surface area (Å²) in [5.41, 5.74) is 14.1. The Bertz CT molecular complexity index is 3220. The number of para-hydroxylation sites is 1. The Labute approximate surface area is 335 Å². The molecule has 0 aliphatic carbocycles. The first-order chi connectivity index (χ1) is 28.3. The van der Waals surface area contributed by atoms with Crippen molar-refractivity contribution in [1.82, 2.24) is 4.57 Å². The third-order valence-electron chi connectivity index (χ3n) is 11.2. The molecule has 0 saturated carbocycles. The third-order valence-corrected chi connectivity index (χ3v) is 12.3. The van der Waals surface area contributed by atoms with Gasteiger partial charge in [0.2, 0.25) is 0 Å². The Morgan fingerprint density at radius 3 is 1.70 bits per heavy atom. The van der Waals surface area contributed by atoms with Gasteiger partial charge in [-0.15, -0.1) is 11.3 Å². The van der Waals surface area contributed by atoms with Gasteiger partial charge in [-0.1, -0.05) is 152 Å². The van der Waals surface area contributed by atoms with E-state index in [1.165, 1.54) is 69.8 Å². The van der Waals surface area contributed by atoms with Crippen LogP contribution in [0.4, 0.5) is 17.1 Å². The lowest BCUT2D eigenvalue weighted by atomic mass is 9.98.